The largest absolute Gasteiger partial charge is 0.494 e. The Balaban J connectivity index is 1.79. The average Bonchev–Trinajstić information content (AvgIpc) is 3.25. The molecule has 1 aromatic heterocycles. The van der Waals surface area contributed by atoms with Crippen LogP contribution in [0, 0.1) is 0 Å². The number of thiazole rings is 1. The van der Waals surface area contributed by atoms with Gasteiger partial charge in [-0.15, -0.1) is 0 Å². The molecule has 0 unspecified atom stereocenters. The molecular formula is C25H24N2O4S. The highest BCUT2D eigenvalue weighted by Gasteiger charge is 2.26. The number of methoxy groups -OCH3 is 2. The lowest BCUT2D eigenvalue weighted by atomic mass is 10.1. The SMILES string of the molecule is CCOc1ccc2nc(N(Cc3ccccc3)C(=O)c3cccc(OC)c3OC)sc2c1. The number of anilines is 1. The molecule has 0 bridgehead atoms. The van der Waals surface area contributed by atoms with Crippen LogP contribution in [0.25, 0.3) is 10.2 Å². The van der Waals surface area contributed by atoms with Crippen LogP contribution in [0.5, 0.6) is 17.2 Å². The number of rotatable bonds is 8. The van der Waals surface area contributed by atoms with Crippen molar-refractivity contribution in [2.45, 2.75) is 13.5 Å². The number of carbonyl (C=O) groups is 1. The average molecular weight is 449 g/mol. The second kappa shape index (κ2) is 9.70. The summed E-state index contributed by atoms with van der Waals surface area (Å²) in [5.41, 5.74) is 2.23. The van der Waals surface area contributed by atoms with Crippen LogP contribution in [0.2, 0.25) is 0 Å². The van der Waals surface area contributed by atoms with Crippen LogP contribution in [-0.4, -0.2) is 31.7 Å². The molecule has 7 heteroatoms. The van der Waals surface area contributed by atoms with Gasteiger partial charge in [0.1, 0.15) is 5.75 Å². The van der Waals surface area contributed by atoms with Crippen LogP contribution in [0.3, 0.4) is 0 Å². The quantitative estimate of drug-likeness (QED) is 0.353. The minimum Gasteiger partial charge on any atom is -0.494 e. The van der Waals surface area contributed by atoms with Crippen molar-refractivity contribution in [2.24, 2.45) is 0 Å². The van der Waals surface area contributed by atoms with Crippen LogP contribution in [0.15, 0.2) is 66.7 Å². The Morgan fingerprint density at radius 2 is 1.81 bits per heavy atom. The Morgan fingerprint density at radius 1 is 1.00 bits per heavy atom. The second-order valence-electron chi connectivity index (χ2n) is 6.98. The first-order chi connectivity index (χ1) is 15.6. The minimum atomic E-state index is -0.214. The smallest absolute Gasteiger partial charge is 0.264 e. The van der Waals surface area contributed by atoms with Gasteiger partial charge in [0.15, 0.2) is 16.6 Å². The fourth-order valence-electron chi connectivity index (χ4n) is 3.46. The summed E-state index contributed by atoms with van der Waals surface area (Å²) in [5, 5.41) is 0.604. The number of nitrogens with zero attached hydrogens (tertiary/aromatic N) is 2. The van der Waals surface area contributed by atoms with Gasteiger partial charge in [-0.25, -0.2) is 4.98 Å². The van der Waals surface area contributed by atoms with E-state index < -0.39 is 0 Å². The van der Waals surface area contributed by atoms with Gasteiger partial charge >= 0.3 is 0 Å². The molecule has 0 radical (unpaired) electrons. The van der Waals surface area contributed by atoms with Crippen molar-refractivity contribution in [3.05, 3.63) is 77.9 Å². The molecule has 1 heterocycles. The van der Waals surface area contributed by atoms with Gasteiger partial charge in [-0.05, 0) is 42.8 Å². The zero-order valence-corrected chi connectivity index (χ0v) is 19.0. The number of hydrogen-bond donors (Lipinski definition) is 0. The number of hydrogen-bond acceptors (Lipinski definition) is 6. The molecule has 3 aromatic carbocycles. The van der Waals surface area contributed by atoms with Gasteiger partial charge < -0.3 is 14.2 Å². The van der Waals surface area contributed by atoms with Gasteiger partial charge in [-0.2, -0.15) is 0 Å². The van der Waals surface area contributed by atoms with E-state index in [0.29, 0.717) is 35.3 Å². The highest BCUT2D eigenvalue weighted by atomic mass is 32.1. The van der Waals surface area contributed by atoms with Gasteiger partial charge in [-0.1, -0.05) is 47.7 Å². The van der Waals surface area contributed by atoms with E-state index in [-0.39, 0.29) is 5.91 Å². The van der Waals surface area contributed by atoms with Crippen molar-refractivity contribution >= 4 is 32.6 Å². The third kappa shape index (κ3) is 4.38. The monoisotopic (exact) mass is 448 g/mol. The van der Waals surface area contributed by atoms with Crippen LogP contribution >= 0.6 is 11.3 Å². The van der Waals surface area contributed by atoms with Crippen molar-refractivity contribution in [1.82, 2.24) is 4.98 Å². The predicted molar refractivity (Wildman–Crippen MR) is 127 cm³/mol. The molecule has 0 N–H and O–H groups in total. The number of amides is 1. The van der Waals surface area contributed by atoms with Crippen molar-refractivity contribution < 1.29 is 19.0 Å². The third-order valence-corrected chi connectivity index (χ3v) is 5.99. The molecule has 0 atom stereocenters. The highest BCUT2D eigenvalue weighted by Crippen LogP contribution is 2.36. The summed E-state index contributed by atoms with van der Waals surface area (Å²) in [4.78, 5) is 20.2. The first-order valence-corrected chi connectivity index (χ1v) is 11.1. The van der Waals surface area contributed by atoms with E-state index in [9.17, 15) is 4.79 Å². The summed E-state index contributed by atoms with van der Waals surface area (Å²) in [5.74, 6) is 1.47. The van der Waals surface area contributed by atoms with Gasteiger partial charge in [0.05, 0.1) is 43.2 Å². The van der Waals surface area contributed by atoms with E-state index in [0.717, 1.165) is 21.5 Å². The summed E-state index contributed by atoms with van der Waals surface area (Å²) >= 11 is 1.45. The van der Waals surface area contributed by atoms with Crippen molar-refractivity contribution in [1.29, 1.82) is 0 Å². The summed E-state index contributed by atoms with van der Waals surface area (Å²) in [7, 11) is 3.08. The van der Waals surface area contributed by atoms with E-state index >= 15 is 0 Å². The summed E-state index contributed by atoms with van der Waals surface area (Å²) in [6.07, 6.45) is 0. The summed E-state index contributed by atoms with van der Waals surface area (Å²) < 4.78 is 17.5. The number of benzene rings is 3. The van der Waals surface area contributed by atoms with Crippen molar-refractivity contribution in [3.8, 4) is 17.2 Å². The molecule has 6 nitrogen and oxygen atoms in total. The zero-order valence-electron chi connectivity index (χ0n) is 18.2. The number of fused-ring (bicyclic) bond motifs is 1. The van der Waals surface area contributed by atoms with E-state index in [1.54, 1.807) is 30.2 Å². The fraction of sp³-hybridized carbons (Fsp3) is 0.200. The van der Waals surface area contributed by atoms with Crippen LogP contribution < -0.4 is 19.1 Å². The van der Waals surface area contributed by atoms with Gasteiger partial charge in [-0.3, -0.25) is 9.69 Å². The number of para-hydroxylation sites is 1. The molecule has 0 fully saturated rings. The Morgan fingerprint density at radius 3 is 2.53 bits per heavy atom. The lowest BCUT2D eigenvalue weighted by Crippen LogP contribution is -2.30. The molecule has 4 rings (SSSR count). The lowest BCUT2D eigenvalue weighted by molar-refractivity contribution is 0.0981. The number of aromatic nitrogens is 1. The maximum Gasteiger partial charge on any atom is 0.264 e. The van der Waals surface area contributed by atoms with Gasteiger partial charge in [0, 0.05) is 0 Å². The topological polar surface area (TPSA) is 60.9 Å². The lowest BCUT2D eigenvalue weighted by Gasteiger charge is -2.22. The van der Waals surface area contributed by atoms with Crippen LogP contribution in [0.4, 0.5) is 5.13 Å². The molecule has 32 heavy (non-hydrogen) atoms. The number of ether oxygens (including phenoxy) is 3. The van der Waals surface area contributed by atoms with Crippen molar-refractivity contribution in [3.63, 3.8) is 0 Å². The van der Waals surface area contributed by atoms with Crippen LogP contribution in [0.1, 0.15) is 22.8 Å². The van der Waals surface area contributed by atoms with Gasteiger partial charge in [0.25, 0.3) is 5.91 Å². The van der Waals surface area contributed by atoms with E-state index in [2.05, 4.69) is 0 Å². The molecule has 0 aliphatic heterocycles. The Labute approximate surface area is 191 Å². The Kier molecular flexibility index (Phi) is 6.56. The minimum absolute atomic E-state index is 0.214. The van der Waals surface area contributed by atoms with Crippen molar-refractivity contribution in [2.75, 3.05) is 25.7 Å². The van der Waals surface area contributed by atoms with Gasteiger partial charge in [0.2, 0.25) is 0 Å². The third-order valence-electron chi connectivity index (χ3n) is 4.95. The summed E-state index contributed by atoms with van der Waals surface area (Å²) in [6, 6.07) is 20.9. The molecule has 1 amide bonds. The Bertz CT molecular complexity index is 1220. The molecule has 164 valence electrons. The number of carbonyl (C=O) groups excluding carboxylic acids is 1. The maximum absolute atomic E-state index is 13.8. The molecule has 0 aliphatic rings. The molecular weight excluding hydrogens is 424 g/mol. The molecule has 4 aromatic rings. The molecule has 0 spiro atoms. The maximum atomic E-state index is 13.8. The molecule has 0 saturated heterocycles. The van der Waals surface area contributed by atoms with E-state index in [1.807, 2.05) is 55.5 Å². The standard InChI is InChI=1S/C25H24N2O4S/c1-4-31-18-13-14-20-22(15-18)32-25(26-20)27(16-17-9-6-5-7-10-17)24(28)19-11-8-12-21(29-2)23(19)30-3/h5-15H,4,16H2,1-3H3. The molecule has 0 aliphatic carbocycles. The summed E-state index contributed by atoms with van der Waals surface area (Å²) in [6.45, 7) is 2.91. The highest BCUT2D eigenvalue weighted by molar-refractivity contribution is 7.22. The molecule has 0 saturated carbocycles. The predicted octanol–water partition coefficient (Wildman–Crippen LogP) is 5.56. The van der Waals surface area contributed by atoms with Crippen LogP contribution in [-0.2, 0) is 6.54 Å². The first kappa shape index (κ1) is 21.6. The second-order valence-corrected chi connectivity index (χ2v) is 7.99. The fourth-order valence-corrected chi connectivity index (χ4v) is 4.45. The normalized spacial score (nSPS) is 10.7. The Hall–Kier alpha value is -3.58. The zero-order chi connectivity index (χ0) is 22.5. The first-order valence-electron chi connectivity index (χ1n) is 10.2. The van der Waals surface area contributed by atoms with E-state index in [1.165, 1.54) is 18.4 Å². The van der Waals surface area contributed by atoms with E-state index in [4.69, 9.17) is 19.2 Å².